The Hall–Kier alpha value is -4.29. The molecule has 2 fully saturated rings. The minimum atomic E-state index is -1.51. The maximum Gasteiger partial charge on any atom is 0.239 e. The molecule has 1 saturated carbocycles. The molecule has 0 N–H and O–H groups in total. The number of hydrogen-bond acceptors (Lipinski definition) is 3. The topological polar surface area (TPSA) is 54.5 Å². The third kappa shape index (κ3) is 3.97. The Labute approximate surface area is 290 Å². The molecule has 5 aromatic carbocycles. The summed E-state index contributed by atoms with van der Waals surface area (Å²) in [7, 11) is 0. The van der Waals surface area contributed by atoms with Crippen LogP contribution in [0.2, 0.25) is 10.0 Å². The standard InChI is InChI=1S/C40H26BrCl2NO3/c1-23-12-21-30(22-31(23)41)44-36(45)34-35(37(44)46)40(27-15-19-29(43)20-16-27)33(25-10-6-3-7-11-25)32(24-8-4-2-5-9-24)39(34,38(40)47)26-13-17-28(42)18-14-26/h2-22,34-35H,1H3/t34-,35+,39-,40-/m0/s1. The molecule has 2 bridgehead atoms. The Morgan fingerprint density at radius 2 is 1.02 bits per heavy atom. The number of carbonyl (C=O) groups excluding carboxylic acids is 3. The molecule has 5 aromatic rings. The van der Waals surface area contributed by atoms with E-state index in [0.29, 0.717) is 26.9 Å². The van der Waals surface area contributed by atoms with Crippen LogP contribution in [-0.2, 0) is 25.2 Å². The van der Waals surface area contributed by atoms with Crippen LogP contribution in [0.15, 0.2) is 132 Å². The molecular formula is C40H26BrCl2NO3. The summed E-state index contributed by atoms with van der Waals surface area (Å²) in [6.07, 6.45) is 0. The highest BCUT2D eigenvalue weighted by molar-refractivity contribution is 9.10. The SMILES string of the molecule is Cc1ccc(N2C(=O)[C@@H]3[C@H](C2=O)[C@@]2(c4ccc(Cl)cc4)C(=O)[C@@]3(c3ccc(Cl)cc3)C(c3ccccc3)=C2c2ccccc2)cc1Br. The molecule has 1 saturated heterocycles. The Balaban J connectivity index is 1.55. The van der Waals surface area contributed by atoms with Crippen LogP contribution in [-0.4, -0.2) is 17.6 Å². The summed E-state index contributed by atoms with van der Waals surface area (Å²) in [5.41, 5.74) is 2.71. The van der Waals surface area contributed by atoms with Crippen molar-refractivity contribution < 1.29 is 14.4 Å². The number of Topliss-reactive ketones (excluding diaryl/α,β-unsaturated/α-hetero) is 1. The summed E-state index contributed by atoms with van der Waals surface area (Å²) < 4.78 is 0.777. The van der Waals surface area contributed by atoms with Gasteiger partial charge in [-0.1, -0.05) is 130 Å². The zero-order valence-electron chi connectivity index (χ0n) is 25.1. The molecule has 4 nitrogen and oxygen atoms in total. The molecule has 230 valence electrons. The molecule has 4 atom stereocenters. The summed E-state index contributed by atoms with van der Waals surface area (Å²) in [6, 6.07) is 39.2. The first-order chi connectivity index (χ1) is 22.7. The summed E-state index contributed by atoms with van der Waals surface area (Å²) in [4.78, 5) is 47.4. The van der Waals surface area contributed by atoms with E-state index >= 15 is 14.4 Å². The number of halogens is 3. The van der Waals surface area contributed by atoms with Gasteiger partial charge in [-0.3, -0.25) is 14.4 Å². The lowest BCUT2D eigenvalue weighted by Crippen LogP contribution is -2.45. The van der Waals surface area contributed by atoms with Gasteiger partial charge in [-0.05, 0) is 82.3 Å². The molecule has 0 spiro atoms. The van der Waals surface area contributed by atoms with E-state index in [2.05, 4.69) is 15.9 Å². The average molecular weight is 719 g/mol. The fraction of sp³-hybridized carbons (Fsp3) is 0.125. The van der Waals surface area contributed by atoms with Crippen LogP contribution in [0.4, 0.5) is 5.69 Å². The van der Waals surface area contributed by atoms with E-state index in [1.807, 2.05) is 97.9 Å². The predicted molar refractivity (Wildman–Crippen MR) is 189 cm³/mol. The second-order valence-corrected chi connectivity index (χ2v) is 14.1. The van der Waals surface area contributed by atoms with Gasteiger partial charge in [-0.15, -0.1) is 0 Å². The number of carbonyl (C=O) groups is 3. The fourth-order valence-corrected chi connectivity index (χ4v) is 8.95. The number of anilines is 1. The van der Waals surface area contributed by atoms with Crippen molar-refractivity contribution in [3.05, 3.63) is 170 Å². The number of ketones is 1. The lowest BCUT2D eigenvalue weighted by atomic mass is 9.59. The first-order valence-corrected chi connectivity index (χ1v) is 16.8. The first-order valence-electron chi connectivity index (χ1n) is 15.3. The average Bonchev–Trinajstić information content (AvgIpc) is 3.59. The van der Waals surface area contributed by atoms with Crippen molar-refractivity contribution in [1.29, 1.82) is 0 Å². The third-order valence-electron chi connectivity index (χ3n) is 10.1. The van der Waals surface area contributed by atoms with Crippen LogP contribution in [0.5, 0.6) is 0 Å². The van der Waals surface area contributed by atoms with Gasteiger partial charge < -0.3 is 0 Å². The van der Waals surface area contributed by atoms with E-state index in [0.717, 1.165) is 32.3 Å². The number of nitrogens with zero attached hydrogens (tertiary/aromatic N) is 1. The van der Waals surface area contributed by atoms with Gasteiger partial charge in [0.2, 0.25) is 11.8 Å². The fourth-order valence-electron chi connectivity index (χ4n) is 8.33. The number of aryl methyl sites for hydroxylation is 1. The molecule has 0 aromatic heterocycles. The van der Waals surface area contributed by atoms with Crippen LogP contribution in [0, 0.1) is 18.8 Å². The van der Waals surface area contributed by atoms with Gasteiger partial charge in [0.05, 0.1) is 28.4 Å². The number of rotatable bonds is 5. The molecular weight excluding hydrogens is 693 g/mol. The molecule has 3 aliphatic rings. The summed E-state index contributed by atoms with van der Waals surface area (Å²) in [6.45, 7) is 1.95. The van der Waals surface area contributed by atoms with Crippen molar-refractivity contribution in [3.8, 4) is 0 Å². The number of imide groups is 1. The molecule has 0 unspecified atom stereocenters. The molecule has 1 aliphatic heterocycles. The maximum atomic E-state index is 16.0. The Kier molecular flexibility index (Phi) is 6.96. The van der Waals surface area contributed by atoms with E-state index in [-0.39, 0.29) is 5.78 Å². The lowest BCUT2D eigenvalue weighted by molar-refractivity contribution is -0.130. The smallest absolute Gasteiger partial charge is 0.239 e. The van der Waals surface area contributed by atoms with Gasteiger partial charge in [0.15, 0.2) is 5.78 Å². The second kappa shape index (κ2) is 10.9. The number of fused-ring (bicyclic) bond motifs is 5. The highest BCUT2D eigenvalue weighted by Crippen LogP contribution is 2.74. The Morgan fingerprint density at radius 1 is 0.596 bits per heavy atom. The molecule has 8 rings (SSSR count). The number of allylic oxidation sites excluding steroid dienone is 2. The summed E-state index contributed by atoms with van der Waals surface area (Å²) in [5, 5.41) is 1.00. The predicted octanol–water partition coefficient (Wildman–Crippen LogP) is 9.25. The van der Waals surface area contributed by atoms with Gasteiger partial charge in [0.1, 0.15) is 0 Å². The molecule has 0 radical (unpaired) electrons. The van der Waals surface area contributed by atoms with Gasteiger partial charge in [0, 0.05) is 14.5 Å². The van der Waals surface area contributed by atoms with Crippen molar-refractivity contribution in [2.75, 3.05) is 4.90 Å². The monoisotopic (exact) mass is 717 g/mol. The molecule has 2 amide bonds. The van der Waals surface area contributed by atoms with E-state index < -0.39 is 34.5 Å². The first kappa shape index (κ1) is 30.1. The third-order valence-corrected chi connectivity index (χ3v) is 11.5. The summed E-state index contributed by atoms with van der Waals surface area (Å²) >= 11 is 16.4. The van der Waals surface area contributed by atoms with Crippen LogP contribution in [0.1, 0.15) is 27.8 Å². The number of amides is 2. The van der Waals surface area contributed by atoms with Crippen molar-refractivity contribution >= 4 is 73.6 Å². The minimum Gasteiger partial charge on any atom is -0.297 e. The van der Waals surface area contributed by atoms with Crippen molar-refractivity contribution in [1.82, 2.24) is 0 Å². The highest BCUT2D eigenvalue weighted by atomic mass is 79.9. The van der Waals surface area contributed by atoms with E-state index in [1.54, 1.807) is 36.4 Å². The lowest BCUT2D eigenvalue weighted by Gasteiger charge is -2.39. The van der Waals surface area contributed by atoms with Crippen LogP contribution < -0.4 is 4.90 Å². The van der Waals surface area contributed by atoms with Gasteiger partial charge in [0.25, 0.3) is 0 Å². The highest BCUT2D eigenvalue weighted by Gasteiger charge is 2.82. The maximum absolute atomic E-state index is 16.0. The van der Waals surface area contributed by atoms with Crippen molar-refractivity contribution in [3.63, 3.8) is 0 Å². The van der Waals surface area contributed by atoms with E-state index in [9.17, 15) is 0 Å². The quantitative estimate of drug-likeness (QED) is 0.170. The van der Waals surface area contributed by atoms with E-state index in [4.69, 9.17) is 23.2 Å². The van der Waals surface area contributed by atoms with E-state index in [1.165, 1.54) is 4.90 Å². The normalized spacial score (nSPS) is 24.8. The van der Waals surface area contributed by atoms with Crippen LogP contribution >= 0.6 is 39.1 Å². The van der Waals surface area contributed by atoms with Gasteiger partial charge >= 0.3 is 0 Å². The molecule has 7 heteroatoms. The van der Waals surface area contributed by atoms with Crippen LogP contribution in [0.25, 0.3) is 11.1 Å². The molecule has 2 aliphatic carbocycles. The summed E-state index contributed by atoms with van der Waals surface area (Å²) in [5.74, 6) is -3.07. The number of benzene rings is 5. The Morgan fingerprint density at radius 3 is 1.43 bits per heavy atom. The second-order valence-electron chi connectivity index (χ2n) is 12.3. The minimum absolute atomic E-state index is 0.200. The van der Waals surface area contributed by atoms with Crippen molar-refractivity contribution in [2.45, 2.75) is 17.8 Å². The zero-order chi connectivity index (χ0) is 32.7. The van der Waals surface area contributed by atoms with Crippen molar-refractivity contribution in [2.24, 2.45) is 11.8 Å². The zero-order valence-corrected chi connectivity index (χ0v) is 28.2. The largest absolute Gasteiger partial charge is 0.297 e. The number of hydrogen-bond donors (Lipinski definition) is 0. The Bertz CT molecular complexity index is 2020. The molecule has 47 heavy (non-hydrogen) atoms. The van der Waals surface area contributed by atoms with Crippen LogP contribution in [0.3, 0.4) is 0 Å². The van der Waals surface area contributed by atoms with Gasteiger partial charge in [-0.25, -0.2) is 4.90 Å². The molecule has 1 heterocycles. The van der Waals surface area contributed by atoms with Gasteiger partial charge in [-0.2, -0.15) is 0 Å².